The Morgan fingerprint density at radius 1 is 0.976 bits per heavy atom. The van der Waals surface area contributed by atoms with Crippen molar-refractivity contribution in [2.24, 2.45) is 5.41 Å². The fraction of sp³-hybridized carbons (Fsp3) is 0.486. The molecule has 2 fully saturated rings. The van der Waals surface area contributed by atoms with Crippen LogP contribution in [-0.4, -0.2) is 56.2 Å². The molecule has 5 rings (SSSR count). The molecule has 1 N–H and O–H groups in total. The number of aryl methyl sites for hydroxylation is 1. The van der Waals surface area contributed by atoms with Crippen molar-refractivity contribution in [3.8, 4) is 16.9 Å². The highest BCUT2D eigenvalue weighted by Gasteiger charge is 2.33. The van der Waals surface area contributed by atoms with Crippen LogP contribution in [-0.2, 0) is 4.74 Å². The number of likely N-dealkylation sites (tertiary alicyclic amines) is 1. The first-order valence-electron chi connectivity index (χ1n) is 15.4. The van der Waals surface area contributed by atoms with E-state index in [-0.39, 0.29) is 23.3 Å². The van der Waals surface area contributed by atoms with E-state index >= 15 is 0 Å². The van der Waals surface area contributed by atoms with Crippen molar-refractivity contribution in [2.75, 3.05) is 33.4 Å². The predicted molar refractivity (Wildman–Crippen MR) is 164 cm³/mol. The van der Waals surface area contributed by atoms with E-state index in [4.69, 9.17) is 13.9 Å². The van der Waals surface area contributed by atoms with Gasteiger partial charge in [-0.3, -0.25) is 4.79 Å². The normalized spacial score (nSPS) is 17.5. The minimum Gasteiger partial charge on any atom is -0.493 e. The van der Waals surface area contributed by atoms with Crippen LogP contribution in [0, 0.1) is 12.3 Å². The van der Waals surface area contributed by atoms with Gasteiger partial charge >= 0.3 is 5.97 Å². The van der Waals surface area contributed by atoms with Gasteiger partial charge in [0.05, 0.1) is 20.0 Å². The summed E-state index contributed by atoms with van der Waals surface area (Å²) in [5, 5.41) is 3.23. The van der Waals surface area contributed by atoms with Crippen molar-refractivity contribution in [3.05, 3.63) is 77.7 Å². The second-order valence-corrected chi connectivity index (χ2v) is 12.0. The number of furan rings is 1. The molecule has 7 nitrogen and oxygen atoms in total. The number of ether oxygens (including phenoxy) is 2. The Balaban J connectivity index is 1.10. The quantitative estimate of drug-likeness (QED) is 0.248. The topological polar surface area (TPSA) is 81.0 Å². The van der Waals surface area contributed by atoms with Crippen LogP contribution >= 0.6 is 0 Å². The molecule has 42 heavy (non-hydrogen) atoms. The van der Waals surface area contributed by atoms with E-state index in [9.17, 15) is 9.59 Å². The third kappa shape index (κ3) is 7.43. The first-order valence-corrected chi connectivity index (χ1v) is 15.4. The summed E-state index contributed by atoms with van der Waals surface area (Å²) in [6.45, 7) is 5.67. The summed E-state index contributed by atoms with van der Waals surface area (Å²) in [4.78, 5) is 27.8. The molecule has 0 unspecified atom stereocenters. The Hall–Kier alpha value is -3.58. The number of para-hydroxylation sites is 1. The number of amides is 1. The van der Waals surface area contributed by atoms with Crippen molar-refractivity contribution in [3.63, 3.8) is 0 Å². The molecular formula is C35H44N2O5. The number of nitrogens with zero attached hydrogens (tertiary/aromatic N) is 1. The Morgan fingerprint density at radius 3 is 2.45 bits per heavy atom. The van der Waals surface area contributed by atoms with E-state index in [1.54, 1.807) is 12.3 Å². The van der Waals surface area contributed by atoms with Gasteiger partial charge in [-0.2, -0.15) is 0 Å². The zero-order valence-electron chi connectivity index (χ0n) is 25.0. The average Bonchev–Trinajstić information content (AvgIpc) is 3.52. The number of esters is 1. The van der Waals surface area contributed by atoms with Crippen molar-refractivity contribution >= 4 is 11.9 Å². The lowest BCUT2D eigenvalue weighted by Crippen LogP contribution is -2.45. The molecule has 1 aliphatic carbocycles. The summed E-state index contributed by atoms with van der Waals surface area (Å²) in [5.41, 5.74) is 3.76. The van der Waals surface area contributed by atoms with Crippen LogP contribution < -0.4 is 10.1 Å². The van der Waals surface area contributed by atoms with Crippen molar-refractivity contribution in [1.82, 2.24) is 10.2 Å². The van der Waals surface area contributed by atoms with Crippen LogP contribution in [0.3, 0.4) is 0 Å². The van der Waals surface area contributed by atoms with Gasteiger partial charge in [0.15, 0.2) is 5.76 Å². The average molecular weight is 573 g/mol. The molecule has 1 saturated carbocycles. The summed E-state index contributed by atoms with van der Waals surface area (Å²) in [6.07, 6.45) is 11.9. The molecule has 0 radical (unpaired) electrons. The molecule has 1 aliphatic heterocycles. The molecule has 2 aliphatic rings. The summed E-state index contributed by atoms with van der Waals surface area (Å²) in [7, 11) is 1.40. The summed E-state index contributed by atoms with van der Waals surface area (Å²) in [5.74, 6) is 0.481. The van der Waals surface area contributed by atoms with Crippen LogP contribution in [0.1, 0.15) is 84.3 Å². The highest BCUT2D eigenvalue weighted by atomic mass is 16.5. The smallest absolute Gasteiger partial charge is 0.341 e. The molecule has 3 aromatic rings. The number of piperidine rings is 1. The van der Waals surface area contributed by atoms with Gasteiger partial charge in [-0.05, 0) is 81.2 Å². The van der Waals surface area contributed by atoms with Gasteiger partial charge in [0, 0.05) is 24.7 Å². The van der Waals surface area contributed by atoms with Gasteiger partial charge in [-0.25, -0.2) is 4.79 Å². The molecule has 2 aromatic carbocycles. The molecule has 7 heteroatoms. The lowest BCUT2D eigenvalue weighted by molar-refractivity contribution is 0.0593. The zero-order valence-corrected chi connectivity index (χ0v) is 25.0. The van der Waals surface area contributed by atoms with Gasteiger partial charge in [-0.15, -0.1) is 0 Å². The van der Waals surface area contributed by atoms with Gasteiger partial charge in [0.25, 0.3) is 5.91 Å². The molecule has 224 valence electrons. The first-order chi connectivity index (χ1) is 20.5. The monoisotopic (exact) mass is 572 g/mol. The molecule has 1 amide bonds. The number of benzene rings is 2. The van der Waals surface area contributed by atoms with Crippen molar-refractivity contribution in [1.29, 1.82) is 0 Å². The second-order valence-electron chi connectivity index (χ2n) is 12.0. The minimum atomic E-state index is -0.367. The molecule has 2 heterocycles. The van der Waals surface area contributed by atoms with Crippen LogP contribution in [0.15, 0.2) is 65.3 Å². The van der Waals surface area contributed by atoms with E-state index in [1.807, 2.05) is 36.4 Å². The fourth-order valence-corrected chi connectivity index (χ4v) is 6.57. The Kier molecular flexibility index (Phi) is 10.0. The van der Waals surface area contributed by atoms with Crippen LogP contribution in [0.4, 0.5) is 0 Å². The van der Waals surface area contributed by atoms with E-state index in [0.29, 0.717) is 23.7 Å². The van der Waals surface area contributed by atoms with Crippen molar-refractivity contribution in [2.45, 2.75) is 70.8 Å². The highest BCUT2D eigenvalue weighted by Crippen LogP contribution is 2.42. The predicted octanol–water partition coefficient (Wildman–Crippen LogP) is 7.05. The van der Waals surface area contributed by atoms with Gasteiger partial charge < -0.3 is 24.1 Å². The van der Waals surface area contributed by atoms with E-state index in [1.165, 1.54) is 44.8 Å². The second kappa shape index (κ2) is 14.1. The van der Waals surface area contributed by atoms with Gasteiger partial charge in [0.2, 0.25) is 0 Å². The number of methoxy groups -OCH3 is 1. The largest absolute Gasteiger partial charge is 0.493 e. The fourth-order valence-electron chi connectivity index (χ4n) is 6.57. The first kappa shape index (κ1) is 29.9. The maximum atomic E-state index is 13.1. The maximum Gasteiger partial charge on any atom is 0.341 e. The Labute approximate surface area is 249 Å². The minimum absolute atomic E-state index is 0.135. The molecule has 1 aromatic heterocycles. The van der Waals surface area contributed by atoms with Crippen LogP contribution in [0.5, 0.6) is 5.75 Å². The van der Waals surface area contributed by atoms with E-state index in [0.717, 1.165) is 56.4 Å². The number of carbonyl (C=O) groups is 2. The lowest BCUT2D eigenvalue weighted by atomic mass is 9.69. The number of hydrogen-bond donors (Lipinski definition) is 1. The number of rotatable bonds is 11. The van der Waals surface area contributed by atoms with E-state index < -0.39 is 0 Å². The van der Waals surface area contributed by atoms with Crippen LogP contribution in [0.25, 0.3) is 11.1 Å². The zero-order chi connectivity index (χ0) is 29.4. The van der Waals surface area contributed by atoms with Gasteiger partial charge in [-0.1, -0.05) is 61.2 Å². The van der Waals surface area contributed by atoms with E-state index in [2.05, 4.69) is 29.3 Å². The number of carbonyl (C=O) groups excluding carboxylic acids is 2. The standard InChI is InChI=1S/C35H44N2O5/c1-26-10-12-27(13-11-26)29-16-24-42-32(29)33(38)36-28-14-21-37(22-15-28)23-19-35(17-6-3-7-18-35)20-25-41-31-9-5-4-8-30(31)34(39)40-2/h4-5,8-13,16,24,28H,3,6-7,14-15,17-23,25H2,1-2H3,(H,36,38). The summed E-state index contributed by atoms with van der Waals surface area (Å²) < 4.78 is 16.7. The molecular weight excluding hydrogens is 528 g/mol. The summed E-state index contributed by atoms with van der Waals surface area (Å²) >= 11 is 0. The maximum absolute atomic E-state index is 13.1. The molecule has 0 spiro atoms. The Bertz CT molecular complexity index is 1320. The molecule has 1 saturated heterocycles. The third-order valence-corrected chi connectivity index (χ3v) is 9.21. The molecule has 0 bridgehead atoms. The van der Waals surface area contributed by atoms with Crippen molar-refractivity contribution < 1.29 is 23.5 Å². The number of nitrogens with one attached hydrogen (secondary N) is 1. The SMILES string of the molecule is COC(=O)c1ccccc1OCCC1(CCN2CCC(NC(=O)c3occc3-c3ccc(C)cc3)CC2)CCCCC1. The number of hydrogen-bond acceptors (Lipinski definition) is 6. The van der Waals surface area contributed by atoms with Crippen LogP contribution in [0.2, 0.25) is 0 Å². The lowest BCUT2D eigenvalue weighted by Gasteiger charge is -2.40. The Morgan fingerprint density at radius 2 is 1.71 bits per heavy atom. The summed E-state index contributed by atoms with van der Waals surface area (Å²) in [6, 6.07) is 17.5. The highest BCUT2D eigenvalue weighted by molar-refractivity contribution is 5.98. The third-order valence-electron chi connectivity index (χ3n) is 9.21. The van der Waals surface area contributed by atoms with Gasteiger partial charge in [0.1, 0.15) is 11.3 Å². The molecule has 0 atom stereocenters.